The average molecular weight is 237 g/mol. The minimum absolute atomic E-state index is 0.266. The summed E-state index contributed by atoms with van der Waals surface area (Å²) in [6.07, 6.45) is 2.98. The summed E-state index contributed by atoms with van der Waals surface area (Å²) in [6, 6.07) is 3.03. The zero-order valence-corrected chi connectivity index (χ0v) is 10.7. The smallest absolute Gasteiger partial charge is 0.127 e. The Balaban J connectivity index is 2.59. The van der Waals surface area contributed by atoms with Crippen LogP contribution in [0.5, 0.6) is 5.75 Å². The first-order chi connectivity index (χ1) is 7.98. The Morgan fingerprint density at radius 2 is 2.00 bits per heavy atom. The molecule has 17 heavy (non-hydrogen) atoms. The molecule has 0 aliphatic heterocycles. The predicted octanol–water partition coefficient (Wildman–Crippen LogP) is 3.30. The molecule has 0 bridgehead atoms. The molecule has 0 atom stereocenters. The van der Waals surface area contributed by atoms with E-state index in [0.717, 1.165) is 30.4 Å². The molecule has 0 aromatic heterocycles. The van der Waals surface area contributed by atoms with Gasteiger partial charge in [-0.25, -0.2) is 4.39 Å². The summed E-state index contributed by atoms with van der Waals surface area (Å²) in [6.45, 7) is 4.17. The molecule has 94 valence electrons. The largest absolute Gasteiger partial charge is 0.496 e. The van der Waals surface area contributed by atoms with Gasteiger partial charge in [0.2, 0.25) is 0 Å². The van der Waals surface area contributed by atoms with Crippen LogP contribution >= 0.6 is 0 Å². The minimum Gasteiger partial charge on any atom is -0.496 e. The number of hydrogen-bond donors (Lipinski definition) is 1. The summed E-state index contributed by atoms with van der Waals surface area (Å²) in [5.74, 6) is 0.631. The van der Waals surface area contributed by atoms with Gasteiger partial charge in [0, 0.05) is 17.2 Å². The van der Waals surface area contributed by atoms with Crippen LogP contribution in [0.25, 0.3) is 0 Å². The molecule has 2 nitrogen and oxygen atoms in total. The fourth-order valence-electron chi connectivity index (χ4n) is 2.60. The van der Waals surface area contributed by atoms with Crippen LogP contribution in [0.4, 0.5) is 4.39 Å². The van der Waals surface area contributed by atoms with E-state index >= 15 is 0 Å². The topological polar surface area (TPSA) is 35.2 Å². The van der Waals surface area contributed by atoms with Crippen molar-refractivity contribution >= 4 is 0 Å². The van der Waals surface area contributed by atoms with Crippen LogP contribution in [0.2, 0.25) is 0 Å². The second-order valence-corrected chi connectivity index (χ2v) is 5.23. The molecule has 0 heterocycles. The minimum atomic E-state index is -0.352. The fourth-order valence-corrected chi connectivity index (χ4v) is 2.60. The van der Waals surface area contributed by atoms with Crippen LogP contribution in [0.1, 0.15) is 50.2 Å². The van der Waals surface area contributed by atoms with Gasteiger partial charge in [0.05, 0.1) is 7.11 Å². The van der Waals surface area contributed by atoms with E-state index in [9.17, 15) is 4.39 Å². The highest BCUT2D eigenvalue weighted by atomic mass is 19.1. The number of halogens is 1. The lowest BCUT2D eigenvalue weighted by molar-refractivity contribution is 0.248. The lowest BCUT2D eigenvalue weighted by Gasteiger charge is -2.40. The Hall–Kier alpha value is -1.09. The van der Waals surface area contributed by atoms with Crippen LogP contribution in [-0.4, -0.2) is 7.11 Å². The van der Waals surface area contributed by atoms with Gasteiger partial charge in [0.1, 0.15) is 11.6 Å². The zero-order valence-electron chi connectivity index (χ0n) is 10.7. The quantitative estimate of drug-likeness (QED) is 0.875. The Bertz CT molecular complexity index is 424. The van der Waals surface area contributed by atoms with Gasteiger partial charge >= 0.3 is 0 Å². The molecule has 3 heteroatoms. The molecule has 1 saturated carbocycles. The van der Waals surface area contributed by atoms with Crippen molar-refractivity contribution in [3.05, 3.63) is 29.1 Å². The Morgan fingerprint density at radius 3 is 2.41 bits per heavy atom. The number of rotatable bonds is 3. The van der Waals surface area contributed by atoms with Crippen molar-refractivity contribution in [2.45, 2.75) is 44.6 Å². The highest BCUT2D eigenvalue weighted by Gasteiger charge is 2.37. The van der Waals surface area contributed by atoms with Gasteiger partial charge in [-0.1, -0.05) is 13.8 Å². The third-order valence-corrected chi connectivity index (χ3v) is 3.69. The number of hydrogen-bond acceptors (Lipinski definition) is 2. The van der Waals surface area contributed by atoms with Crippen molar-refractivity contribution in [3.63, 3.8) is 0 Å². The molecule has 1 aromatic carbocycles. The fraction of sp³-hybridized carbons (Fsp3) is 0.571. The summed E-state index contributed by atoms with van der Waals surface area (Å²) < 4.78 is 18.9. The van der Waals surface area contributed by atoms with E-state index in [1.54, 1.807) is 13.2 Å². The van der Waals surface area contributed by atoms with E-state index in [0.29, 0.717) is 5.75 Å². The summed E-state index contributed by atoms with van der Waals surface area (Å²) in [4.78, 5) is 0. The lowest BCUT2D eigenvalue weighted by Crippen LogP contribution is -2.44. The van der Waals surface area contributed by atoms with Crippen molar-refractivity contribution < 1.29 is 9.13 Å². The van der Waals surface area contributed by atoms with Gasteiger partial charge in [0.25, 0.3) is 0 Å². The van der Waals surface area contributed by atoms with Crippen LogP contribution in [0.15, 0.2) is 12.1 Å². The summed E-state index contributed by atoms with van der Waals surface area (Å²) in [5, 5.41) is 0. The number of benzene rings is 1. The summed E-state index contributed by atoms with van der Waals surface area (Å²) in [5.41, 5.74) is 7.96. The first-order valence-corrected chi connectivity index (χ1v) is 6.15. The van der Waals surface area contributed by atoms with E-state index in [1.807, 2.05) is 0 Å². The van der Waals surface area contributed by atoms with Gasteiger partial charge in [-0.3, -0.25) is 0 Å². The molecule has 2 N–H and O–H groups in total. The molecule has 1 aliphatic rings. The molecule has 2 rings (SSSR count). The standard InChI is InChI=1S/C14H20FNO/c1-9(2)13-11(14(16)5-4-6-14)7-10(15)8-12(13)17-3/h7-9H,4-6,16H2,1-3H3. The van der Waals surface area contributed by atoms with E-state index < -0.39 is 0 Å². The molecule has 1 aromatic rings. The van der Waals surface area contributed by atoms with Gasteiger partial charge < -0.3 is 10.5 Å². The predicted molar refractivity (Wildman–Crippen MR) is 66.8 cm³/mol. The molecule has 0 radical (unpaired) electrons. The SMILES string of the molecule is COc1cc(F)cc(C2(N)CCC2)c1C(C)C. The van der Waals surface area contributed by atoms with Crippen LogP contribution < -0.4 is 10.5 Å². The number of nitrogens with two attached hydrogens (primary N) is 1. The average Bonchev–Trinajstić information content (AvgIpc) is 2.24. The van der Waals surface area contributed by atoms with E-state index in [2.05, 4.69) is 13.8 Å². The Labute approximate surface area is 102 Å². The maximum atomic E-state index is 13.6. The van der Waals surface area contributed by atoms with Crippen LogP contribution in [0, 0.1) is 5.82 Å². The molecule has 0 spiro atoms. The maximum absolute atomic E-state index is 13.6. The second kappa shape index (κ2) is 4.30. The van der Waals surface area contributed by atoms with Crippen molar-refractivity contribution in [1.82, 2.24) is 0 Å². The molecule has 0 amide bonds. The Morgan fingerprint density at radius 1 is 1.35 bits per heavy atom. The molecular formula is C14H20FNO. The second-order valence-electron chi connectivity index (χ2n) is 5.23. The normalized spacial score (nSPS) is 18.0. The van der Waals surface area contributed by atoms with Gasteiger partial charge in [-0.05, 0) is 36.8 Å². The van der Waals surface area contributed by atoms with E-state index in [1.165, 1.54) is 6.07 Å². The first-order valence-electron chi connectivity index (χ1n) is 6.15. The number of ether oxygens (including phenoxy) is 1. The van der Waals surface area contributed by atoms with Gasteiger partial charge in [-0.2, -0.15) is 0 Å². The zero-order chi connectivity index (χ0) is 12.6. The first kappa shape index (κ1) is 12.4. The van der Waals surface area contributed by atoms with Gasteiger partial charge in [-0.15, -0.1) is 0 Å². The summed E-state index contributed by atoms with van der Waals surface area (Å²) >= 11 is 0. The Kier molecular flexibility index (Phi) is 3.13. The van der Waals surface area contributed by atoms with Crippen molar-refractivity contribution in [3.8, 4) is 5.75 Å². The maximum Gasteiger partial charge on any atom is 0.127 e. The molecule has 0 unspecified atom stereocenters. The van der Waals surface area contributed by atoms with Crippen LogP contribution in [0.3, 0.4) is 0 Å². The van der Waals surface area contributed by atoms with Crippen LogP contribution in [-0.2, 0) is 5.54 Å². The van der Waals surface area contributed by atoms with Crippen molar-refractivity contribution in [2.75, 3.05) is 7.11 Å². The van der Waals surface area contributed by atoms with Crippen molar-refractivity contribution in [1.29, 1.82) is 0 Å². The monoisotopic (exact) mass is 237 g/mol. The molecule has 1 aliphatic carbocycles. The molecule has 1 fully saturated rings. The molecular weight excluding hydrogens is 217 g/mol. The number of methoxy groups -OCH3 is 1. The van der Waals surface area contributed by atoms with E-state index in [4.69, 9.17) is 10.5 Å². The summed E-state index contributed by atoms with van der Waals surface area (Å²) in [7, 11) is 1.58. The van der Waals surface area contributed by atoms with Crippen molar-refractivity contribution in [2.24, 2.45) is 5.73 Å². The highest BCUT2D eigenvalue weighted by Crippen LogP contribution is 2.44. The van der Waals surface area contributed by atoms with Gasteiger partial charge in [0.15, 0.2) is 0 Å². The third kappa shape index (κ3) is 2.04. The third-order valence-electron chi connectivity index (χ3n) is 3.69. The van der Waals surface area contributed by atoms with E-state index in [-0.39, 0.29) is 17.3 Å². The highest BCUT2D eigenvalue weighted by molar-refractivity contribution is 5.47. The molecule has 0 saturated heterocycles. The lowest BCUT2D eigenvalue weighted by atomic mass is 9.70.